The standard InChI is InChI=1S/C25H21FN4S/c1-17-6-4-7-20(16-17)29-15-5-9-22(29)24-23(21-8-2-3-14-27-21)28-25(31)30(24)19-12-10-18(26)11-13-19/h2-16,23-24H,1H3,(H,28,31)/t23-,24+/m1/s1. The molecule has 1 fully saturated rings. The molecule has 154 valence electrons. The SMILES string of the molecule is Cc1cccc(-n2cccc2[C@H]2[C@@H](c3ccccn3)NC(=S)N2c2ccc(F)cc2)c1. The van der Waals surface area contributed by atoms with Crippen LogP contribution in [0.5, 0.6) is 0 Å². The van der Waals surface area contributed by atoms with Crippen LogP contribution in [0.25, 0.3) is 5.69 Å². The minimum absolute atomic E-state index is 0.155. The average molecular weight is 429 g/mol. The van der Waals surface area contributed by atoms with Crippen LogP contribution in [-0.4, -0.2) is 14.7 Å². The van der Waals surface area contributed by atoms with Crippen LogP contribution in [-0.2, 0) is 0 Å². The molecule has 0 saturated carbocycles. The van der Waals surface area contributed by atoms with Crippen LogP contribution < -0.4 is 10.2 Å². The molecule has 0 bridgehead atoms. The fraction of sp³-hybridized carbons (Fsp3) is 0.120. The van der Waals surface area contributed by atoms with Crippen molar-refractivity contribution in [2.24, 2.45) is 0 Å². The molecule has 31 heavy (non-hydrogen) atoms. The second-order valence-corrected chi connectivity index (χ2v) is 8.00. The number of thiocarbonyl (C=S) groups is 1. The summed E-state index contributed by atoms with van der Waals surface area (Å²) in [4.78, 5) is 6.65. The van der Waals surface area contributed by atoms with Crippen LogP contribution in [0.1, 0.15) is 29.0 Å². The number of rotatable bonds is 4. The van der Waals surface area contributed by atoms with E-state index in [-0.39, 0.29) is 17.9 Å². The summed E-state index contributed by atoms with van der Waals surface area (Å²) in [6, 6.07) is 24.5. The van der Waals surface area contributed by atoms with Gasteiger partial charge < -0.3 is 14.8 Å². The van der Waals surface area contributed by atoms with E-state index in [4.69, 9.17) is 12.2 Å². The van der Waals surface area contributed by atoms with Gasteiger partial charge in [-0.1, -0.05) is 18.2 Å². The minimum atomic E-state index is -0.275. The molecule has 0 amide bonds. The molecular weight excluding hydrogens is 407 g/mol. The Morgan fingerprint density at radius 3 is 2.52 bits per heavy atom. The number of aryl methyl sites for hydroxylation is 1. The van der Waals surface area contributed by atoms with Gasteiger partial charge in [-0.25, -0.2) is 4.39 Å². The molecule has 2 aromatic carbocycles. The fourth-order valence-electron chi connectivity index (χ4n) is 4.18. The van der Waals surface area contributed by atoms with Crippen LogP contribution in [0.3, 0.4) is 0 Å². The number of benzene rings is 2. The van der Waals surface area contributed by atoms with Crippen LogP contribution >= 0.6 is 12.2 Å². The molecule has 6 heteroatoms. The van der Waals surface area contributed by atoms with E-state index in [1.165, 1.54) is 17.7 Å². The van der Waals surface area contributed by atoms with E-state index in [0.717, 1.165) is 22.8 Å². The second kappa shape index (κ2) is 7.96. The van der Waals surface area contributed by atoms with Gasteiger partial charge in [-0.15, -0.1) is 0 Å². The van der Waals surface area contributed by atoms with Gasteiger partial charge in [0.1, 0.15) is 11.9 Å². The zero-order valence-corrected chi connectivity index (χ0v) is 17.8. The second-order valence-electron chi connectivity index (χ2n) is 7.62. The monoisotopic (exact) mass is 428 g/mol. The van der Waals surface area contributed by atoms with Crippen LogP contribution in [0, 0.1) is 12.7 Å². The third kappa shape index (κ3) is 3.59. The van der Waals surface area contributed by atoms with Crippen molar-refractivity contribution >= 4 is 23.0 Å². The molecule has 0 aliphatic carbocycles. The van der Waals surface area contributed by atoms with Gasteiger partial charge in [-0.3, -0.25) is 4.98 Å². The minimum Gasteiger partial charge on any atom is -0.351 e. The van der Waals surface area contributed by atoms with E-state index in [1.807, 2.05) is 24.3 Å². The van der Waals surface area contributed by atoms with Crippen molar-refractivity contribution in [3.63, 3.8) is 0 Å². The van der Waals surface area contributed by atoms with Crippen molar-refractivity contribution in [3.8, 4) is 5.69 Å². The molecule has 2 aromatic heterocycles. The zero-order chi connectivity index (χ0) is 21.4. The molecule has 1 N–H and O–H groups in total. The Kier molecular flexibility index (Phi) is 5.00. The summed E-state index contributed by atoms with van der Waals surface area (Å²) in [6.45, 7) is 2.08. The fourth-order valence-corrected chi connectivity index (χ4v) is 4.53. The van der Waals surface area contributed by atoms with Crippen molar-refractivity contribution in [1.82, 2.24) is 14.9 Å². The smallest absolute Gasteiger partial charge is 0.174 e. The molecule has 1 aliphatic heterocycles. The molecule has 1 saturated heterocycles. The van der Waals surface area contributed by atoms with Gasteiger partial charge >= 0.3 is 0 Å². The summed E-state index contributed by atoms with van der Waals surface area (Å²) < 4.78 is 15.8. The first-order valence-electron chi connectivity index (χ1n) is 10.1. The quantitative estimate of drug-likeness (QED) is 0.435. The maximum atomic E-state index is 13.6. The first-order chi connectivity index (χ1) is 15.1. The van der Waals surface area contributed by atoms with E-state index >= 15 is 0 Å². The number of aromatic nitrogens is 2. The summed E-state index contributed by atoms with van der Waals surface area (Å²) >= 11 is 5.75. The molecule has 5 rings (SSSR count). The van der Waals surface area contributed by atoms with Gasteiger partial charge in [0.15, 0.2) is 5.11 Å². The zero-order valence-electron chi connectivity index (χ0n) is 16.9. The van der Waals surface area contributed by atoms with Crippen molar-refractivity contribution in [2.45, 2.75) is 19.0 Å². The number of halogens is 1. The maximum absolute atomic E-state index is 13.6. The summed E-state index contributed by atoms with van der Waals surface area (Å²) in [5.41, 5.74) is 5.07. The van der Waals surface area contributed by atoms with E-state index in [1.54, 1.807) is 18.3 Å². The average Bonchev–Trinajstić information content (AvgIpc) is 3.39. The summed E-state index contributed by atoms with van der Waals surface area (Å²) in [5.74, 6) is -0.275. The molecule has 0 radical (unpaired) electrons. The molecular formula is C25H21FN4S. The third-order valence-electron chi connectivity index (χ3n) is 5.57. The Hall–Kier alpha value is -3.51. The van der Waals surface area contributed by atoms with Crippen LogP contribution in [0.2, 0.25) is 0 Å². The lowest BCUT2D eigenvalue weighted by molar-refractivity contribution is 0.549. The number of pyridine rings is 1. The Morgan fingerprint density at radius 2 is 1.77 bits per heavy atom. The first kappa shape index (κ1) is 19.5. The first-order valence-corrected chi connectivity index (χ1v) is 10.5. The lowest BCUT2D eigenvalue weighted by Gasteiger charge is -2.29. The highest BCUT2D eigenvalue weighted by molar-refractivity contribution is 7.80. The van der Waals surface area contributed by atoms with E-state index in [0.29, 0.717) is 5.11 Å². The van der Waals surface area contributed by atoms with Gasteiger partial charge in [0.2, 0.25) is 0 Å². The predicted molar refractivity (Wildman–Crippen MR) is 125 cm³/mol. The molecule has 0 unspecified atom stereocenters. The largest absolute Gasteiger partial charge is 0.351 e. The maximum Gasteiger partial charge on any atom is 0.174 e. The summed E-state index contributed by atoms with van der Waals surface area (Å²) in [6.07, 6.45) is 3.85. The van der Waals surface area contributed by atoms with Crippen molar-refractivity contribution in [1.29, 1.82) is 0 Å². The van der Waals surface area contributed by atoms with Crippen molar-refractivity contribution < 1.29 is 4.39 Å². The normalized spacial score (nSPS) is 18.3. The topological polar surface area (TPSA) is 33.1 Å². The Morgan fingerprint density at radius 1 is 0.935 bits per heavy atom. The summed E-state index contributed by atoms with van der Waals surface area (Å²) in [7, 11) is 0. The number of anilines is 1. The highest BCUT2D eigenvalue weighted by Crippen LogP contribution is 2.42. The van der Waals surface area contributed by atoms with E-state index in [2.05, 4.69) is 63.2 Å². The Bertz CT molecular complexity index is 1220. The Balaban J connectivity index is 1.67. The lowest BCUT2D eigenvalue weighted by atomic mass is 10.0. The van der Waals surface area contributed by atoms with Crippen LogP contribution in [0.4, 0.5) is 10.1 Å². The van der Waals surface area contributed by atoms with Gasteiger partial charge in [0.25, 0.3) is 0 Å². The number of hydrogen-bond donors (Lipinski definition) is 1. The number of hydrogen-bond acceptors (Lipinski definition) is 2. The van der Waals surface area contributed by atoms with Gasteiger partial charge in [0.05, 0.1) is 11.7 Å². The summed E-state index contributed by atoms with van der Waals surface area (Å²) in [5, 5.41) is 4.04. The predicted octanol–water partition coefficient (Wildman–Crippen LogP) is 5.50. The van der Waals surface area contributed by atoms with Gasteiger partial charge in [-0.2, -0.15) is 0 Å². The number of nitrogens with one attached hydrogen (secondary N) is 1. The molecule has 0 spiro atoms. The van der Waals surface area contributed by atoms with Gasteiger partial charge in [-0.05, 0) is 85.4 Å². The molecule has 1 aliphatic rings. The van der Waals surface area contributed by atoms with E-state index in [9.17, 15) is 4.39 Å². The van der Waals surface area contributed by atoms with Gasteiger partial charge in [0, 0.05) is 29.5 Å². The van der Waals surface area contributed by atoms with Crippen molar-refractivity contribution in [2.75, 3.05) is 4.90 Å². The van der Waals surface area contributed by atoms with E-state index < -0.39 is 0 Å². The van der Waals surface area contributed by atoms with Crippen LogP contribution in [0.15, 0.2) is 91.3 Å². The molecule has 2 atom stereocenters. The molecule has 3 heterocycles. The number of nitrogens with zero attached hydrogens (tertiary/aromatic N) is 3. The third-order valence-corrected chi connectivity index (χ3v) is 5.88. The van der Waals surface area contributed by atoms with Crippen molar-refractivity contribution in [3.05, 3.63) is 114 Å². The highest BCUT2D eigenvalue weighted by atomic mass is 32.1. The lowest BCUT2D eigenvalue weighted by Crippen LogP contribution is -2.30. The Labute approximate surface area is 186 Å². The molecule has 4 aromatic rings. The highest BCUT2D eigenvalue weighted by Gasteiger charge is 2.42. The molecule has 4 nitrogen and oxygen atoms in total.